The van der Waals surface area contributed by atoms with Crippen molar-refractivity contribution >= 4 is 17.6 Å². The number of aliphatic carboxylic acids is 1. The van der Waals surface area contributed by atoms with Gasteiger partial charge in [-0.15, -0.1) is 0 Å². The summed E-state index contributed by atoms with van der Waals surface area (Å²) in [6, 6.07) is 4.93. The van der Waals surface area contributed by atoms with Crippen molar-refractivity contribution < 1.29 is 32.3 Å². The SMILES string of the molecule is O=C(C1CC1)N1CC2(CCNCC2)c2cc(F)ccc21.O=C(O)C(F)(F)F. The molecule has 1 aromatic carbocycles. The molecule has 148 valence electrons. The van der Waals surface area contributed by atoms with Gasteiger partial charge in [-0.3, -0.25) is 4.79 Å². The number of rotatable bonds is 1. The van der Waals surface area contributed by atoms with Crippen molar-refractivity contribution in [2.24, 2.45) is 5.92 Å². The van der Waals surface area contributed by atoms with E-state index >= 15 is 0 Å². The summed E-state index contributed by atoms with van der Waals surface area (Å²) in [6.07, 6.45) is -1.09. The van der Waals surface area contributed by atoms with E-state index < -0.39 is 12.1 Å². The first-order valence-electron chi connectivity index (χ1n) is 8.76. The van der Waals surface area contributed by atoms with Gasteiger partial charge in [-0.2, -0.15) is 13.2 Å². The molecule has 1 aromatic rings. The summed E-state index contributed by atoms with van der Waals surface area (Å²) < 4.78 is 45.4. The van der Waals surface area contributed by atoms with Crippen LogP contribution in [0.2, 0.25) is 0 Å². The molecular weight excluding hydrogens is 368 g/mol. The van der Waals surface area contributed by atoms with Crippen molar-refractivity contribution in [3.8, 4) is 0 Å². The molecule has 0 radical (unpaired) electrons. The Morgan fingerprint density at radius 2 is 1.78 bits per heavy atom. The predicted molar refractivity (Wildman–Crippen MR) is 88.9 cm³/mol. The molecule has 1 amide bonds. The molecule has 1 spiro atoms. The molecule has 3 aliphatic rings. The lowest BCUT2D eigenvalue weighted by molar-refractivity contribution is -0.192. The number of fused-ring (bicyclic) bond motifs is 2. The largest absolute Gasteiger partial charge is 0.490 e. The van der Waals surface area contributed by atoms with E-state index in [1.54, 1.807) is 12.1 Å². The second-order valence-corrected chi connectivity index (χ2v) is 7.19. The average molecular weight is 388 g/mol. The molecule has 2 fully saturated rings. The van der Waals surface area contributed by atoms with E-state index in [4.69, 9.17) is 9.90 Å². The Bertz CT molecular complexity index is 741. The summed E-state index contributed by atoms with van der Waals surface area (Å²) in [7, 11) is 0. The molecule has 1 aliphatic carbocycles. The molecule has 1 saturated carbocycles. The number of carbonyl (C=O) groups excluding carboxylic acids is 1. The molecule has 0 bridgehead atoms. The van der Waals surface area contributed by atoms with Crippen molar-refractivity contribution in [1.82, 2.24) is 5.32 Å². The zero-order valence-electron chi connectivity index (χ0n) is 14.5. The third kappa shape index (κ3) is 4.07. The van der Waals surface area contributed by atoms with Crippen molar-refractivity contribution in [3.05, 3.63) is 29.6 Å². The van der Waals surface area contributed by atoms with E-state index in [9.17, 15) is 22.4 Å². The monoisotopic (exact) mass is 388 g/mol. The number of benzene rings is 1. The molecule has 5 nitrogen and oxygen atoms in total. The average Bonchev–Trinajstić information content (AvgIpc) is 3.41. The summed E-state index contributed by atoms with van der Waals surface area (Å²) in [6.45, 7) is 2.63. The lowest BCUT2D eigenvalue weighted by Crippen LogP contribution is -2.44. The maximum absolute atomic E-state index is 13.7. The summed E-state index contributed by atoms with van der Waals surface area (Å²) in [4.78, 5) is 23.3. The van der Waals surface area contributed by atoms with Gasteiger partial charge in [0.2, 0.25) is 5.91 Å². The fourth-order valence-electron chi connectivity index (χ4n) is 3.72. The number of alkyl halides is 3. The van der Waals surface area contributed by atoms with E-state index in [0.29, 0.717) is 0 Å². The highest BCUT2D eigenvalue weighted by Gasteiger charge is 2.47. The molecule has 2 N–H and O–H groups in total. The maximum atomic E-state index is 13.7. The summed E-state index contributed by atoms with van der Waals surface area (Å²) in [5.74, 6) is -2.49. The lowest BCUT2D eigenvalue weighted by atomic mass is 9.75. The molecule has 0 atom stereocenters. The number of hydrogen-bond acceptors (Lipinski definition) is 3. The normalized spacial score (nSPS) is 20.7. The van der Waals surface area contributed by atoms with Gasteiger partial charge in [0.05, 0.1) is 0 Å². The topological polar surface area (TPSA) is 69.6 Å². The van der Waals surface area contributed by atoms with Crippen molar-refractivity contribution in [2.45, 2.75) is 37.3 Å². The van der Waals surface area contributed by atoms with Crippen LogP contribution < -0.4 is 10.2 Å². The van der Waals surface area contributed by atoms with Crippen LogP contribution in [0.1, 0.15) is 31.2 Å². The number of anilines is 1. The number of carbonyl (C=O) groups is 2. The Hall–Kier alpha value is -2.16. The van der Waals surface area contributed by atoms with Crippen LogP contribution in [-0.2, 0) is 15.0 Å². The summed E-state index contributed by atoms with van der Waals surface area (Å²) in [5.41, 5.74) is 1.96. The minimum absolute atomic E-state index is 0.0345. The maximum Gasteiger partial charge on any atom is 0.490 e. The minimum Gasteiger partial charge on any atom is -0.475 e. The van der Waals surface area contributed by atoms with Crippen LogP contribution in [-0.4, -0.2) is 42.8 Å². The third-order valence-corrected chi connectivity index (χ3v) is 5.28. The third-order valence-electron chi connectivity index (χ3n) is 5.28. The molecule has 2 aliphatic heterocycles. The molecule has 1 saturated heterocycles. The van der Waals surface area contributed by atoms with Gasteiger partial charge < -0.3 is 15.3 Å². The highest BCUT2D eigenvalue weighted by atomic mass is 19.4. The number of carboxylic acid groups (broad SMARTS) is 1. The smallest absolute Gasteiger partial charge is 0.475 e. The van der Waals surface area contributed by atoms with E-state index in [-0.39, 0.29) is 23.1 Å². The van der Waals surface area contributed by atoms with E-state index in [1.165, 1.54) is 6.07 Å². The van der Waals surface area contributed by atoms with Crippen LogP contribution >= 0.6 is 0 Å². The highest BCUT2D eigenvalue weighted by molar-refractivity contribution is 5.99. The molecule has 4 rings (SSSR count). The Morgan fingerprint density at radius 3 is 2.30 bits per heavy atom. The lowest BCUT2D eigenvalue weighted by Gasteiger charge is -2.34. The Kier molecular flexibility index (Phi) is 5.16. The van der Waals surface area contributed by atoms with Crippen LogP contribution in [0.4, 0.5) is 23.2 Å². The van der Waals surface area contributed by atoms with Gasteiger partial charge in [0.25, 0.3) is 0 Å². The van der Waals surface area contributed by atoms with Gasteiger partial charge in [-0.05, 0) is 62.5 Å². The predicted octanol–water partition coefficient (Wildman–Crippen LogP) is 2.84. The first-order valence-corrected chi connectivity index (χ1v) is 8.76. The fraction of sp³-hybridized carbons (Fsp3) is 0.556. The molecule has 2 heterocycles. The zero-order chi connectivity index (χ0) is 19.8. The van der Waals surface area contributed by atoms with Gasteiger partial charge in [0.1, 0.15) is 5.82 Å². The zero-order valence-corrected chi connectivity index (χ0v) is 14.5. The van der Waals surface area contributed by atoms with Crippen LogP contribution in [0.3, 0.4) is 0 Å². The number of piperidine rings is 1. The number of hydrogen-bond donors (Lipinski definition) is 2. The molecule has 27 heavy (non-hydrogen) atoms. The van der Waals surface area contributed by atoms with Gasteiger partial charge in [0, 0.05) is 23.6 Å². The number of halogens is 4. The second-order valence-electron chi connectivity index (χ2n) is 7.19. The fourth-order valence-corrected chi connectivity index (χ4v) is 3.72. The quantitative estimate of drug-likeness (QED) is 0.726. The van der Waals surface area contributed by atoms with Gasteiger partial charge in [-0.1, -0.05) is 0 Å². The van der Waals surface area contributed by atoms with Gasteiger partial charge in [0.15, 0.2) is 0 Å². The van der Waals surface area contributed by atoms with E-state index in [2.05, 4.69) is 5.32 Å². The first kappa shape index (κ1) is 19.6. The van der Waals surface area contributed by atoms with Crippen LogP contribution in [0.25, 0.3) is 0 Å². The van der Waals surface area contributed by atoms with Crippen LogP contribution in [0.5, 0.6) is 0 Å². The molecule has 0 unspecified atom stereocenters. The highest BCUT2D eigenvalue weighted by Crippen LogP contribution is 2.48. The number of nitrogens with one attached hydrogen (secondary N) is 1. The Labute approximate surface area is 153 Å². The van der Waals surface area contributed by atoms with Crippen LogP contribution in [0, 0.1) is 11.7 Å². The van der Waals surface area contributed by atoms with Crippen molar-refractivity contribution in [3.63, 3.8) is 0 Å². The molecular formula is C18H20F4N2O3. The number of amides is 1. The van der Waals surface area contributed by atoms with Crippen molar-refractivity contribution in [1.29, 1.82) is 0 Å². The Morgan fingerprint density at radius 1 is 1.19 bits per heavy atom. The van der Waals surface area contributed by atoms with E-state index in [1.807, 2.05) is 4.90 Å². The summed E-state index contributed by atoms with van der Waals surface area (Å²) >= 11 is 0. The van der Waals surface area contributed by atoms with Crippen molar-refractivity contribution in [2.75, 3.05) is 24.5 Å². The molecule has 0 aromatic heterocycles. The van der Waals surface area contributed by atoms with E-state index in [0.717, 1.165) is 56.6 Å². The van der Waals surface area contributed by atoms with Gasteiger partial charge >= 0.3 is 12.1 Å². The van der Waals surface area contributed by atoms with Crippen LogP contribution in [0.15, 0.2) is 18.2 Å². The summed E-state index contributed by atoms with van der Waals surface area (Å²) in [5, 5.41) is 10.5. The van der Waals surface area contributed by atoms with Gasteiger partial charge in [-0.25, -0.2) is 9.18 Å². The minimum atomic E-state index is -5.08. The molecule has 9 heteroatoms. The number of nitrogens with zero attached hydrogens (tertiary/aromatic N) is 1. The Balaban J connectivity index is 0.000000260. The second kappa shape index (κ2) is 7.10. The standard InChI is InChI=1S/C16H19FN2O.C2HF3O2/c17-12-3-4-14-13(9-12)16(5-7-18-8-6-16)10-19(14)15(20)11-1-2-11;3-2(4,5)1(6)7/h3-4,9,11,18H,1-2,5-8,10H2;(H,6,7). The first-order chi connectivity index (χ1) is 12.6. The number of carboxylic acids is 1.